The van der Waals surface area contributed by atoms with Crippen LogP contribution in [0.15, 0.2) is 5.38 Å². The lowest BCUT2D eigenvalue weighted by Crippen LogP contribution is -2.51. The molecule has 1 amide bonds. The summed E-state index contributed by atoms with van der Waals surface area (Å²) in [5.41, 5.74) is 7.17. The molecular weight excluding hydrogens is 403 g/mol. The van der Waals surface area contributed by atoms with Gasteiger partial charge in [-0.3, -0.25) is 9.69 Å². The van der Waals surface area contributed by atoms with Crippen LogP contribution in [-0.4, -0.2) is 52.9 Å². The molecule has 9 heteroatoms. The van der Waals surface area contributed by atoms with Gasteiger partial charge in [0, 0.05) is 50.1 Å². The Labute approximate surface area is 173 Å². The summed E-state index contributed by atoms with van der Waals surface area (Å²) in [5.74, 6) is 0.496. The maximum Gasteiger partial charge on any atom is 0.225 e. The van der Waals surface area contributed by atoms with E-state index in [1.54, 1.807) is 11.3 Å². The van der Waals surface area contributed by atoms with Crippen molar-refractivity contribution in [2.45, 2.75) is 45.2 Å². The summed E-state index contributed by atoms with van der Waals surface area (Å²) in [4.78, 5) is 21.6. The van der Waals surface area contributed by atoms with E-state index in [1.807, 2.05) is 11.8 Å². The van der Waals surface area contributed by atoms with Crippen LogP contribution in [-0.2, 0) is 11.3 Å². The zero-order valence-electron chi connectivity index (χ0n) is 14.6. The predicted molar refractivity (Wildman–Crippen MR) is 110 cm³/mol. The number of halogens is 3. The fraction of sp³-hybridized carbons (Fsp3) is 0.750. The molecule has 2 heterocycles. The fourth-order valence-electron chi connectivity index (χ4n) is 3.55. The minimum atomic E-state index is 0. The van der Waals surface area contributed by atoms with Crippen LogP contribution >= 0.6 is 48.6 Å². The number of hydrogen-bond acceptors (Lipinski definition) is 5. The normalized spacial score (nSPS) is 23.8. The minimum Gasteiger partial charge on any atom is -0.340 e. The zero-order chi connectivity index (χ0) is 15.5. The second kappa shape index (κ2) is 11.6. The van der Waals surface area contributed by atoms with Gasteiger partial charge in [0.1, 0.15) is 0 Å². The number of carbonyl (C=O) groups is 1. The minimum absolute atomic E-state index is 0. The molecule has 1 aromatic heterocycles. The predicted octanol–water partition coefficient (Wildman–Crippen LogP) is 2.88. The fourth-order valence-corrected chi connectivity index (χ4v) is 4.15. The summed E-state index contributed by atoms with van der Waals surface area (Å²) >= 11 is 1.70. The Morgan fingerprint density at radius 1 is 1.24 bits per heavy atom. The molecule has 0 spiro atoms. The molecule has 2 aliphatic rings. The molecule has 146 valence electrons. The van der Waals surface area contributed by atoms with E-state index in [0.29, 0.717) is 5.91 Å². The van der Waals surface area contributed by atoms with E-state index in [9.17, 15) is 4.79 Å². The first kappa shape index (κ1) is 24.9. The number of hydrogen-bond donors (Lipinski definition) is 1. The summed E-state index contributed by atoms with van der Waals surface area (Å²) in [6, 6.07) is 0.219. The summed E-state index contributed by atoms with van der Waals surface area (Å²) in [6.45, 7) is 6.52. The van der Waals surface area contributed by atoms with Crippen molar-refractivity contribution in [1.29, 1.82) is 0 Å². The average Bonchev–Trinajstić information content (AvgIpc) is 2.92. The highest BCUT2D eigenvalue weighted by molar-refractivity contribution is 7.09. The van der Waals surface area contributed by atoms with Gasteiger partial charge in [0.05, 0.1) is 10.7 Å². The molecule has 0 aromatic carbocycles. The van der Waals surface area contributed by atoms with Crippen molar-refractivity contribution in [2.75, 3.05) is 26.2 Å². The first-order valence-electron chi connectivity index (χ1n) is 8.29. The monoisotopic (exact) mass is 430 g/mol. The number of thiazole rings is 1. The Kier molecular flexibility index (Phi) is 11.5. The van der Waals surface area contributed by atoms with Crippen LogP contribution in [0, 0.1) is 12.8 Å². The van der Waals surface area contributed by atoms with Gasteiger partial charge in [-0.15, -0.1) is 48.6 Å². The highest BCUT2D eigenvalue weighted by Crippen LogP contribution is 2.25. The van der Waals surface area contributed by atoms with Crippen LogP contribution in [0.4, 0.5) is 0 Å². The van der Waals surface area contributed by atoms with Gasteiger partial charge in [-0.2, -0.15) is 0 Å². The molecule has 1 aliphatic heterocycles. The van der Waals surface area contributed by atoms with Gasteiger partial charge in [-0.25, -0.2) is 4.98 Å². The third-order valence-corrected chi connectivity index (χ3v) is 5.62. The van der Waals surface area contributed by atoms with E-state index in [4.69, 9.17) is 5.73 Å². The van der Waals surface area contributed by atoms with Crippen molar-refractivity contribution in [3.05, 3.63) is 16.1 Å². The van der Waals surface area contributed by atoms with E-state index in [1.165, 1.54) is 0 Å². The number of nitrogens with two attached hydrogens (primary N) is 1. The van der Waals surface area contributed by atoms with Gasteiger partial charge in [0.15, 0.2) is 0 Å². The van der Waals surface area contributed by atoms with Gasteiger partial charge < -0.3 is 10.6 Å². The molecule has 1 aliphatic carbocycles. The Hall–Kier alpha value is -0.110. The summed E-state index contributed by atoms with van der Waals surface area (Å²) in [5, 5.41) is 3.26. The van der Waals surface area contributed by atoms with E-state index in [0.717, 1.165) is 69.1 Å². The average molecular weight is 432 g/mol. The van der Waals surface area contributed by atoms with Crippen molar-refractivity contribution >= 4 is 54.5 Å². The van der Waals surface area contributed by atoms with Gasteiger partial charge in [-0.05, 0) is 26.2 Å². The van der Waals surface area contributed by atoms with Gasteiger partial charge >= 0.3 is 0 Å². The molecule has 25 heavy (non-hydrogen) atoms. The molecule has 1 aromatic rings. The first-order chi connectivity index (χ1) is 10.6. The Bertz CT molecular complexity index is 523. The lowest BCUT2D eigenvalue weighted by molar-refractivity contribution is -0.138. The Morgan fingerprint density at radius 3 is 2.48 bits per heavy atom. The molecule has 5 nitrogen and oxygen atoms in total. The van der Waals surface area contributed by atoms with Crippen LogP contribution in [0.5, 0.6) is 0 Å². The molecule has 0 bridgehead atoms. The van der Waals surface area contributed by atoms with E-state index >= 15 is 0 Å². The largest absolute Gasteiger partial charge is 0.340 e. The highest BCUT2D eigenvalue weighted by Gasteiger charge is 2.30. The van der Waals surface area contributed by atoms with E-state index < -0.39 is 0 Å². The first-order valence-corrected chi connectivity index (χ1v) is 9.17. The maximum absolute atomic E-state index is 12.6. The molecule has 2 unspecified atom stereocenters. The zero-order valence-corrected chi connectivity index (χ0v) is 17.8. The molecule has 3 rings (SSSR count). The number of carbonyl (C=O) groups excluding carboxylic acids is 1. The summed E-state index contributed by atoms with van der Waals surface area (Å²) < 4.78 is 0. The van der Waals surface area contributed by atoms with Gasteiger partial charge in [0.25, 0.3) is 0 Å². The van der Waals surface area contributed by atoms with Crippen molar-refractivity contribution in [3.63, 3.8) is 0 Å². The lowest BCUT2D eigenvalue weighted by atomic mass is 9.85. The molecule has 2 fully saturated rings. The Balaban J connectivity index is 0.00000192. The van der Waals surface area contributed by atoms with Crippen LogP contribution < -0.4 is 5.73 Å². The summed E-state index contributed by atoms with van der Waals surface area (Å²) in [6.07, 6.45) is 4.06. The topological polar surface area (TPSA) is 62.5 Å². The van der Waals surface area contributed by atoms with Crippen LogP contribution in [0.3, 0.4) is 0 Å². The molecule has 2 N–H and O–H groups in total. The smallest absolute Gasteiger partial charge is 0.225 e. The second-order valence-corrected chi connectivity index (χ2v) is 7.65. The number of rotatable bonds is 3. The number of amides is 1. The van der Waals surface area contributed by atoms with Gasteiger partial charge in [-0.1, -0.05) is 6.42 Å². The van der Waals surface area contributed by atoms with Crippen molar-refractivity contribution in [2.24, 2.45) is 11.7 Å². The van der Waals surface area contributed by atoms with Crippen LogP contribution in [0.1, 0.15) is 36.4 Å². The van der Waals surface area contributed by atoms with Crippen molar-refractivity contribution in [3.8, 4) is 0 Å². The third-order valence-electron chi connectivity index (χ3n) is 4.80. The van der Waals surface area contributed by atoms with Gasteiger partial charge in [0.2, 0.25) is 5.91 Å². The van der Waals surface area contributed by atoms with Crippen molar-refractivity contribution in [1.82, 2.24) is 14.8 Å². The number of aromatic nitrogens is 1. The van der Waals surface area contributed by atoms with Crippen LogP contribution in [0.25, 0.3) is 0 Å². The lowest BCUT2D eigenvalue weighted by Gasteiger charge is -2.37. The van der Waals surface area contributed by atoms with E-state index in [-0.39, 0.29) is 49.2 Å². The number of piperazine rings is 1. The standard InChI is InChI=1S/C16H26N4OS.3ClH/c1-12-18-15(11-22-12)10-19-5-7-20(8-6-19)16(21)13-3-2-4-14(17)9-13;;;/h11,13-14H,2-10,17H2,1H3;3*1H. The molecule has 0 radical (unpaired) electrons. The molecule has 1 saturated carbocycles. The summed E-state index contributed by atoms with van der Waals surface area (Å²) in [7, 11) is 0. The van der Waals surface area contributed by atoms with E-state index in [2.05, 4.69) is 15.3 Å². The molecule has 2 atom stereocenters. The number of nitrogens with zero attached hydrogens (tertiary/aromatic N) is 3. The third kappa shape index (κ3) is 6.85. The molecule has 1 saturated heterocycles. The second-order valence-electron chi connectivity index (χ2n) is 6.58. The maximum atomic E-state index is 12.6. The SMILES string of the molecule is Cc1nc(CN2CCN(C(=O)C3CCCC(N)C3)CC2)cs1.Cl.Cl.Cl. The number of aryl methyl sites for hydroxylation is 1. The molecular formula is C16H29Cl3N4OS. The van der Waals surface area contributed by atoms with Crippen molar-refractivity contribution < 1.29 is 4.79 Å². The quantitative estimate of drug-likeness (QED) is 0.799. The Morgan fingerprint density at radius 2 is 1.92 bits per heavy atom. The van der Waals surface area contributed by atoms with Crippen LogP contribution in [0.2, 0.25) is 0 Å². The highest BCUT2D eigenvalue weighted by atomic mass is 35.5.